The van der Waals surface area contributed by atoms with Gasteiger partial charge >= 0.3 is 5.97 Å². The fourth-order valence-corrected chi connectivity index (χ4v) is 2.86. The second-order valence-corrected chi connectivity index (χ2v) is 6.76. The molecule has 30 heavy (non-hydrogen) atoms. The van der Waals surface area contributed by atoms with Crippen molar-refractivity contribution in [2.24, 2.45) is 0 Å². The van der Waals surface area contributed by atoms with Crippen molar-refractivity contribution < 1.29 is 23.9 Å². The van der Waals surface area contributed by atoms with Gasteiger partial charge in [-0.3, -0.25) is 9.59 Å². The van der Waals surface area contributed by atoms with E-state index in [0.29, 0.717) is 5.88 Å². The molecule has 1 aromatic heterocycles. The van der Waals surface area contributed by atoms with Crippen LogP contribution in [0.2, 0.25) is 0 Å². The van der Waals surface area contributed by atoms with Crippen LogP contribution in [-0.2, 0) is 25.5 Å². The standard InChI is InChI=1S/C22H27N3O5/c1-15(17-7-5-4-6-8-17)24-19(26)10-11-20(27)25-18(22(28)30-3)13-16-9-12-21(29-2)23-14-16/h4-9,12,14-15,18H,10-11,13H2,1-3H3,(H,24,26)(H,25,27)/t15-,18-/m1/s1. The molecule has 0 saturated carbocycles. The molecule has 2 amide bonds. The van der Waals surface area contributed by atoms with Crippen LogP contribution in [0.3, 0.4) is 0 Å². The van der Waals surface area contributed by atoms with Gasteiger partial charge in [0.1, 0.15) is 6.04 Å². The summed E-state index contributed by atoms with van der Waals surface area (Å²) in [7, 11) is 2.77. The third kappa shape index (κ3) is 7.20. The molecule has 0 radical (unpaired) electrons. The van der Waals surface area contributed by atoms with E-state index in [0.717, 1.165) is 11.1 Å². The lowest BCUT2D eigenvalue weighted by atomic mass is 10.1. The Hall–Kier alpha value is -3.42. The average Bonchev–Trinajstić information content (AvgIpc) is 2.77. The highest BCUT2D eigenvalue weighted by molar-refractivity contribution is 5.87. The number of nitrogens with one attached hydrogen (secondary N) is 2. The molecule has 0 aliphatic heterocycles. The number of methoxy groups -OCH3 is 2. The molecule has 2 N–H and O–H groups in total. The second kappa shape index (κ2) is 11.5. The molecule has 1 aromatic carbocycles. The van der Waals surface area contributed by atoms with Gasteiger partial charge in [-0.15, -0.1) is 0 Å². The van der Waals surface area contributed by atoms with E-state index in [-0.39, 0.29) is 31.2 Å². The highest BCUT2D eigenvalue weighted by Gasteiger charge is 2.22. The van der Waals surface area contributed by atoms with Gasteiger partial charge in [0, 0.05) is 31.5 Å². The van der Waals surface area contributed by atoms with Crippen LogP contribution in [0.4, 0.5) is 0 Å². The molecule has 8 nitrogen and oxygen atoms in total. The van der Waals surface area contributed by atoms with E-state index < -0.39 is 17.9 Å². The molecule has 0 spiro atoms. The highest BCUT2D eigenvalue weighted by Crippen LogP contribution is 2.12. The minimum absolute atomic E-state index is 0.0149. The molecule has 0 aliphatic carbocycles. The molecule has 0 saturated heterocycles. The first-order chi connectivity index (χ1) is 14.4. The van der Waals surface area contributed by atoms with Crippen molar-refractivity contribution in [3.05, 3.63) is 59.8 Å². The number of esters is 1. The number of hydrogen-bond acceptors (Lipinski definition) is 6. The fourth-order valence-electron chi connectivity index (χ4n) is 2.86. The van der Waals surface area contributed by atoms with E-state index in [2.05, 4.69) is 15.6 Å². The van der Waals surface area contributed by atoms with Crippen molar-refractivity contribution in [3.8, 4) is 5.88 Å². The van der Waals surface area contributed by atoms with Crippen molar-refractivity contribution in [1.29, 1.82) is 0 Å². The normalized spacial score (nSPS) is 12.4. The molecule has 2 aromatic rings. The first kappa shape index (κ1) is 22.9. The van der Waals surface area contributed by atoms with E-state index in [4.69, 9.17) is 9.47 Å². The summed E-state index contributed by atoms with van der Waals surface area (Å²) in [5, 5.41) is 5.49. The van der Waals surface area contributed by atoms with Crippen molar-refractivity contribution in [1.82, 2.24) is 15.6 Å². The topological polar surface area (TPSA) is 107 Å². The molecule has 0 fully saturated rings. The first-order valence-electron chi connectivity index (χ1n) is 9.63. The number of hydrogen-bond donors (Lipinski definition) is 2. The van der Waals surface area contributed by atoms with E-state index in [1.54, 1.807) is 18.3 Å². The lowest BCUT2D eigenvalue weighted by Gasteiger charge is -2.17. The van der Waals surface area contributed by atoms with Gasteiger partial charge in [0.25, 0.3) is 0 Å². The molecule has 1 heterocycles. The van der Waals surface area contributed by atoms with Gasteiger partial charge in [0.15, 0.2) is 0 Å². The number of pyridine rings is 1. The van der Waals surface area contributed by atoms with Crippen LogP contribution in [0.15, 0.2) is 48.7 Å². The zero-order valence-electron chi connectivity index (χ0n) is 17.4. The molecular weight excluding hydrogens is 386 g/mol. The van der Waals surface area contributed by atoms with E-state index >= 15 is 0 Å². The van der Waals surface area contributed by atoms with Gasteiger partial charge in [-0.05, 0) is 18.1 Å². The maximum atomic E-state index is 12.3. The van der Waals surface area contributed by atoms with Crippen molar-refractivity contribution in [2.45, 2.75) is 38.3 Å². The van der Waals surface area contributed by atoms with Gasteiger partial charge in [0.2, 0.25) is 17.7 Å². The number of rotatable bonds is 10. The Labute approximate surface area is 176 Å². The Morgan fingerprint density at radius 1 is 0.967 bits per heavy atom. The summed E-state index contributed by atoms with van der Waals surface area (Å²) >= 11 is 0. The second-order valence-electron chi connectivity index (χ2n) is 6.76. The lowest BCUT2D eigenvalue weighted by Crippen LogP contribution is -2.43. The summed E-state index contributed by atoms with van der Waals surface area (Å²) < 4.78 is 9.79. The number of carbonyl (C=O) groups excluding carboxylic acids is 3. The van der Waals surface area contributed by atoms with Crippen LogP contribution >= 0.6 is 0 Å². The number of benzene rings is 1. The maximum absolute atomic E-state index is 12.3. The van der Waals surface area contributed by atoms with Crippen molar-refractivity contribution in [2.75, 3.05) is 14.2 Å². The summed E-state index contributed by atoms with van der Waals surface area (Å²) in [5.41, 5.74) is 1.72. The highest BCUT2D eigenvalue weighted by atomic mass is 16.5. The quantitative estimate of drug-likeness (QED) is 0.577. The van der Waals surface area contributed by atoms with Gasteiger partial charge < -0.3 is 20.1 Å². The van der Waals surface area contributed by atoms with Gasteiger partial charge in [0.05, 0.1) is 20.3 Å². The average molecular weight is 413 g/mol. The van der Waals surface area contributed by atoms with Gasteiger partial charge in [-0.1, -0.05) is 36.4 Å². The van der Waals surface area contributed by atoms with E-state index in [1.807, 2.05) is 37.3 Å². The van der Waals surface area contributed by atoms with Crippen LogP contribution < -0.4 is 15.4 Å². The lowest BCUT2D eigenvalue weighted by molar-refractivity contribution is -0.145. The molecule has 0 aliphatic rings. The molecule has 2 atom stereocenters. The predicted octanol–water partition coefficient (Wildman–Crippen LogP) is 1.95. The summed E-state index contributed by atoms with van der Waals surface area (Å²) in [4.78, 5) is 40.6. The van der Waals surface area contributed by atoms with Crippen LogP contribution in [0, 0.1) is 0 Å². The molecule has 2 rings (SSSR count). The smallest absolute Gasteiger partial charge is 0.328 e. The Morgan fingerprint density at radius 2 is 1.63 bits per heavy atom. The predicted molar refractivity (Wildman–Crippen MR) is 111 cm³/mol. The summed E-state index contributed by atoms with van der Waals surface area (Å²) in [6, 6.07) is 11.9. The third-order valence-corrected chi connectivity index (χ3v) is 4.52. The van der Waals surface area contributed by atoms with Crippen LogP contribution in [0.1, 0.15) is 36.9 Å². The Balaban J connectivity index is 1.85. The van der Waals surface area contributed by atoms with Crippen LogP contribution in [-0.4, -0.2) is 43.0 Å². The van der Waals surface area contributed by atoms with Gasteiger partial charge in [-0.25, -0.2) is 9.78 Å². The maximum Gasteiger partial charge on any atom is 0.328 e. The van der Waals surface area contributed by atoms with Crippen LogP contribution in [0.25, 0.3) is 0 Å². The van der Waals surface area contributed by atoms with E-state index in [1.165, 1.54) is 14.2 Å². The summed E-state index contributed by atoms with van der Waals surface area (Å²) in [5.74, 6) is -0.765. The first-order valence-corrected chi connectivity index (χ1v) is 9.63. The van der Waals surface area contributed by atoms with Crippen LogP contribution in [0.5, 0.6) is 5.88 Å². The summed E-state index contributed by atoms with van der Waals surface area (Å²) in [6.45, 7) is 1.88. The van der Waals surface area contributed by atoms with E-state index in [9.17, 15) is 14.4 Å². The molecule has 0 bridgehead atoms. The molecule has 160 valence electrons. The Morgan fingerprint density at radius 3 is 2.20 bits per heavy atom. The monoisotopic (exact) mass is 413 g/mol. The number of amides is 2. The molecule has 8 heteroatoms. The largest absolute Gasteiger partial charge is 0.481 e. The zero-order chi connectivity index (χ0) is 21.9. The number of nitrogens with zero attached hydrogens (tertiary/aromatic N) is 1. The Kier molecular flexibility index (Phi) is 8.80. The van der Waals surface area contributed by atoms with Crippen molar-refractivity contribution >= 4 is 17.8 Å². The SMILES string of the molecule is COC(=O)[C@@H](Cc1ccc(OC)nc1)NC(=O)CCC(=O)N[C@H](C)c1ccccc1. The molecular formula is C22H27N3O5. The molecule has 0 unspecified atom stereocenters. The minimum atomic E-state index is -0.871. The van der Waals surface area contributed by atoms with Crippen molar-refractivity contribution in [3.63, 3.8) is 0 Å². The fraction of sp³-hybridized carbons (Fsp3) is 0.364. The third-order valence-electron chi connectivity index (χ3n) is 4.52. The summed E-state index contributed by atoms with van der Waals surface area (Å²) in [6.07, 6.45) is 1.76. The minimum Gasteiger partial charge on any atom is -0.481 e. The zero-order valence-corrected chi connectivity index (χ0v) is 17.4. The number of ether oxygens (including phenoxy) is 2. The van der Waals surface area contributed by atoms with Gasteiger partial charge in [-0.2, -0.15) is 0 Å². The number of carbonyl (C=O) groups is 3. The number of aromatic nitrogens is 1. The Bertz CT molecular complexity index is 840.